The number of anilines is 1. The quantitative estimate of drug-likeness (QED) is 0.844. The minimum Gasteiger partial charge on any atom is -0.367 e. The first kappa shape index (κ1) is 13.9. The van der Waals surface area contributed by atoms with E-state index in [2.05, 4.69) is 51.2 Å². The molecule has 0 aliphatic heterocycles. The van der Waals surface area contributed by atoms with E-state index in [4.69, 9.17) is 0 Å². The van der Waals surface area contributed by atoms with Crippen LogP contribution in [0.3, 0.4) is 0 Å². The average Bonchev–Trinajstić information content (AvgIpc) is 2.29. The third kappa shape index (κ3) is 3.10. The zero-order valence-electron chi connectivity index (χ0n) is 12.5. The minimum atomic E-state index is -0.423. The monoisotopic (exact) mass is 256 g/mol. The van der Waals surface area contributed by atoms with Crippen molar-refractivity contribution in [2.45, 2.75) is 52.5 Å². The second kappa shape index (κ2) is 4.89. The number of hydrogen-bond donors (Lipinski definition) is 1. The maximum Gasteiger partial charge on any atom is 0.126 e. The molecule has 1 aromatic rings. The highest BCUT2D eigenvalue weighted by atomic mass is 15.0. The lowest BCUT2D eigenvalue weighted by atomic mass is 9.64. The highest BCUT2D eigenvalue weighted by Crippen LogP contribution is 2.45. The largest absolute Gasteiger partial charge is 0.367 e. The molecule has 1 aliphatic rings. The Balaban J connectivity index is 2.29. The summed E-state index contributed by atoms with van der Waals surface area (Å²) in [6, 6.07) is 10.8. The summed E-state index contributed by atoms with van der Waals surface area (Å²) in [6.45, 7) is 8.89. The smallest absolute Gasteiger partial charge is 0.126 e. The van der Waals surface area contributed by atoms with Crippen LogP contribution in [-0.2, 0) is 0 Å². The van der Waals surface area contributed by atoms with E-state index < -0.39 is 5.54 Å². The molecule has 0 aromatic heterocycles. The van der Waals surface area contributed by atoms with Crippen LogP contribution in [0, 0.1) is 29.6 Å². The predicted molar refractivity (Wildman–Crippen MR) is 79.9 cm³/mol. The fraction of sp³-hybridized carbons (Fsp3) is 0.588. The van der Waals surface area contributed by atoms with Gasteiger partial charge in [0, 0.05) is 5.69 Å². The van der Waals surface area contributed by atoms with E-state index in [1.807, 2.05) is 12.1 Å². The Bertz CT molecular complexity index is 498. The number of para-hydroxylation sites is 1. The van der Waals surface area contributed by atoms with Crippen LogP contribution in [0.1, 0.15) is 45.6 Å². The molecule has 0 spiro atoms. The number of nitrogens with one attached hydrogen (secondary N) is 1. The summed E-state index contributed by atoms with van der Waals surface area (Å²) >= 11 is 0. The molecule has 1 saturated carbocycles. The number of rotatable bonds is 2. The second-order valence-corrected chi connectivity index (χ2v) is 6.99. The van der Waals surface area contributed by atoms with Gasteiger partial charge in [-0.25, -0.2) is 0 Å². The highest BCUT2D eigenvalue weighted by Gasteiger charge is 2.43. The Morgan fingerprint density at radius 3 is 2.53 bits per heavy atom. The van der Waals surface area contributed by atoms with E-state index in [9.17, 15) is 5.26 Å². The van der Waals surface area contributed by atoms with Crippen molar-refractivity contribution in [1.82, 2.24) is 0 Å². The van der Waals surface area contributed by atoms with Gasteiger partial charge >= 0.3 is 0 Å². The van der Waals surface area contributed by atoms with Crippen molar-refractivity contribution >= 4 is 5.69 Å². The van der Waals surface area contributed by atoms with Crippen molar-refractivity contribution in [1.29, 1.82) is 5.26 Å². The molecule has 2 rings (SSSR count). The van der Waals surface area contributed by atoms with E-state index in [-0.39, 0.29) is 5.41 Å². The van der Waals surface area contributed by atoms with Crippen LogP contribution in [0.5, 0.6) is 0 Å². The van der Waals surface area contributed by atoms with Gasteiger partial charge in [-0.15, -0.1) is 0 Å². The molecule has 0 amide bonds. The molecule has 2 nitrogen and oxygen atoms in total. The Morgan fingerprint density at radius 2 is 1.95 bits per heavy atom. The molecule has 1 aliphatic carbocycles. The maximum absolute atomic E-state index is 9.73. The molecule has 2 unspecified atom stereocenters. The zero-order valence-corrected chi connectivity index (χ0v) is 12.5. The molecule has 1 N–H and O–H groups in total. The van der Waals surface area contributed by atoms with E-state index >= 15 is 0 Å². The van der Waals surface area contributed by atoms with Gasteiger partial charge < -0.3 is 5.32 Å². The van der Waals surface area contributed by atoms with Crippen molar-refractivity contribution in [3.8, 4) is 6.07 Å². The molecule has 19 heavy (non-hydrogen) atoms. The van der Waals surface area contributed by atoms with E-state index in [1.165, 1.54) is 12.0 Å². The zero-order chi connectivity index (χ0) is 14.1. The Labute approximate surface area is 116 Å². The first-order chi connectivity index (χ1) is 8.86. The first-order valence-electron chi connectivity index (χ1n) is 7.11. The van der Waals surface area contributed by atoms with Crippen molar-refractivity contribution < 1.29 is 0 Å². The van der Waals surface area contributed by atoms with E-state index in [0.29, 0.717) is 5.92 Å². The van der Waals surface area contributed by atoms with Crippen molar-refractivity contribution in [2.75, 3.05) is 5.32 Å². The summed E-state index contributed by atoms with van der Waals surface area (Å²) in [7, 11) is 0. The molecule has 0 saturated heterocycles. The van der Waals surface area contributed by atoms with Gasteiger partial charge in [-0.3, -0.25) is 0 Å². The standard InChI is InChI=1S/C17H24N2/c1-13-9-16(3,4)11-17(10-13,12-18)19-15-8-6-5-7-14(15)2/h5-8,13,19H,9-11H2,1-4H3. The van der Waals surface area contributed by atoms with E-state index in [1.54, 1.807) is 0 Å². The van der Waals surface area contributed by atoms with Gasteiger partial charge in [-0.1, -0.05) is 39.0 Å². The lowest BCUT2D eigenvalue weighted by Gasteiger charge is -2.44. The van der Waals surface area contributed by atoms with Crippen LogP contribution in [0.15, 0.2) is 24.3 Å². The number of hydrogen-bond acceptors (Lipinski definition) is 2. The van der Waals surface area contributed by atoms with Crippen LogP contribution in [0.25, 0.3) is 0 Å². The molecular weight excluding hydrogens is 232 g/mol. The van der Waals surface area contributed by atoms with Crippen LogP contribution in [-0.4, -0.2) is 5.54 Å². The molecular formula is C17H24N2. The van der Waals surface area contributed by atoms with Crippen LogP contribution in [0.4, 0.5) is 5.69 Å². The molecule has 1 fully saturated rings. The molecule has 2 atom stereocenters. The summed E-state index contributed by atoms with van der Waals surface area (Å²) in [5.74, 6) is 0.583. The second-order valence-electron chi connectivity index (χ2n) is 6.99. The van der Waals surface area contributed by atoms with Gasteiger partial charge in [0.15, 0.2) is 0 Å². The van der Waals surface area contributed by atoms with E-state index in [0.717, 1.165) is 18.5 Å². The van der Waals surface area contributed by atoms with Crippen LogP contribution >= 0.6 is 0 Å². The van der Waals surface area contributed by atoms with Gasteiger partial charge in [-0.2, -0.15) is 5.26 Å². The minimum absolute atomic E-state index is 0.225. The van der Waals surface area contributed by atoms with Gasteiger partial charge in [-0.05, 0) is 49.1 Å². The van der Waals surface area contributed by atoms with Gasteiger partial charge in [0.25, 0.3) is 0 Å². The van der Waals surface area contributed by atoms with Gasteiger partial charge in [0.05, 0.1) is 6.07 Å². The summed E-state index contributed by atoms with van der Waals surface area (Å²) in [5.41, 5.74) is 2.10. The highest BCUT2D eigenvalue weighted by molar-refractivity contribution is 5.54. The fourth-order valence-electron chi connectivity index (χ4n) is 3.75. The SMILES string of the molecule is Cc1ccccc1NC1(C#N)CC(C)CC(C)(C)C1. The molecule has 0 radical (unpaired) electrons. The van der Waals surface area contributed by atoms with Gasteiger partial charge in [0.2, 0.25) is 0 Å². The Hall–Kier alpha value is -1.49. The summed E-state index contributed by atoms with van der Waals surface area (Å²) < 4.78 is 0. The van der Waals surface area contributed by atoms with Crippen molar-refractivity contribution in [3.05, 3.63) is 29.8 Å². The van der Waals surface area contributed by atoms with Crippen LogP contribution < -0.4 is 5.32 Å². The topological polar surface area (TPSA) is 35.8 Å². The summed E-state index contributed by atoms with van der Waals surface area (Å²) in [6.07, 6.45) is 3.04. The average molecular weight is 256 g/mol. The lowest BCUT2D eigenvalue weighted by molar-refractivity contribution is 0.149. The molecule has 1 aromatic carbocycles. The molecule has 0 bridgehead atoms. The number of aryl methyl sites for hydroxylation is 1. The van der Waals surface area contributed by atoms with Crippen molar-refractivity contribution in [3.63, 3.8) is 0 Å². The summed E-state index contributed by atoms with van der Waals surface area (Å²) in [4.78, 5) is 0. The van der Waals surface area contributed by atoms with Crippen LogP contribution in [0.2, 0.25) is 0 Å². The third-order valence-corrected chi connectivity index (χ3v) is 4.11. The number of nitrogens with zero attached hydrogens (tertiary/aromatic N) is 1. The number of benzene rings is 1. The van der Waals surface area contributed by atoms with Gasteiger partial charge in [0.1, 0.15) is 5.54 Å². The molecule has 0 heterocycles. The predicted octanol–water partition coefficient (Wildman–Crippen LogP) is 4.52. The normalized spacial score (nSPS) is 29.5. The summed E-state index contributed by atoms with van der Waals surface area (Å²) in [5, 5.41) is 13.3. The third-order valence-electron chi connectivity index (χ3n) is 4.11. The lowest BCUT2D eigenvalue weighted by Crippen LogP contribution is -2.47. The molecule has 102 valence electrons. The fourth-order valence-corrected chi connectivity index (χ4v) is 3.75. The molecule has 2 heteroatoms. The number of nitriles is 1. The first-order valence-corrected chi connectivity index (χ1v) is 7.11. The Kier molecular flexibility index (Phi) is 3.58. The maximum atomic E-state index is 9.73. The van der Waals surface area contributed by atoms with Crippen molar-refractivity contribution in [2.24, 2.45) is 11.3 Å². The Morgan fingerprint density at radius 1 is 1.26 bits per heavy atom.